The molecular weight excluding hydrogens is 544 g/mol. The molecule has 0 aliphatic heterocycles. The second-order valence-electron chi connectivity index (χ2n) is 10.2. The van der Waals surface area contributed by atoms with Gasteiger partial charge in [0.25, 0.3) is 11.5 Å². The summed E-state index contributed by atoms with van der Waals surface area (Å²) in [7, 11) is 2.79. The summed E-state index contributed by atoms with van der Waals surface area (Å²) in [6.07, 6.45) is -0.117. The molecule has 1 heterocycles. The summed E-state index contributed by atoms with van der Waals surface area (Å²) >= 11 is 0. The van der Waals surface area contributed by atoms with Crippen LogP contribution in [-0.2, 0) is 27.9 Å². The van der Waals surface area contributed by atoms with Gasteiger partial charge in [0.1, 0.15) is 28.6 Å². The Morgan fingerprint density at radius 1 is 0.929 bits per heavy atom. The minimum Gasteiger partial charge on any atom is -0.426 e. The summed E-state index contributed by atoms with van der Waals surface area (Å²) in [6, 6.07) is 8.56. The highest BCUT2D eigenvalue weighted by molar-refractivity contribution is 5.98. The molecule has 0 aliphatic carbocycles. The third kappa shape index (κ3) is 6.28. The number of anilines is 2. The van der Waals surface area contributed by atoms with E-state index in [0.29, 0.717) is 33.7 Å². The summed E-state index contributed by atoms with van der Waals surface area (Å²) in [4.78, 5) is 63.2. The van der Waals surface area contributed by atoms with Gasteiger partial charge in [-0.1, -0.05) is 18.2 Å². The van der Waals surface area contributed by atoms with E-state index in [1.54, 1.807) is 51.1 Å². The molecule has 3 N–H and O–H groups in total. The van der Waals surface area contributed by atoms with Crippen molar-refractivity contribution in [3.05, 3.63) is 73.4 Å². The van der Waals surface area contributed by atoms with Crippen molar-refractivity contribution in [1.82, 2.24) is 9.13 Å². The van der Waals surface area contributed by atoms with E-state index in [2.05, 4.69) is 10.6 Å². The molecule has 42 heavy (non-hydrogen) atoms. The Balaban J connectivity index is 2.02. The highest BCUT2D eigenvalue weighted by Crippen LogP contribution is 2.39. The number of hydrogen-bond acceptors (Lipinski definition) is 9. The highest BCUT2D eigenvalue weighted by atomic mass is 16.5. The molecule has 224 valence electrons. The van der Waals surface area contributed by atoms with Gasteiger partial charge >= 0.3 is 17.6 Å². The number of aliphatic hydroxyl groups is 1. The smallest absolute Gasteiger partial charge is 0.337 e. The summed E-state index contributed by atoms with van der Waals surface area (Å²) in [6.45, 7) is 8.95. The number of aromatic nitrogens is 2. The number of nitrogens with zero attached hydrogens (tertiary/aromatic N) is 2. The lowest BCUT2D eigenvalue weighted by Crippen LogP contribution is -2.45. The summed E-state index contributed by atoms with van der Waals surface area (Å²) in [5.41, 5.74) is -1.03. The number of amides is 1. The van der Waals surface area contributed by atoms with Gasteiger partial charge in [-0.3, -0.25) is 23.7 Å². The lowest BCUT2D eigenvalue weighted by Gasteiger charge is -2.26. The van der Waals surface area contributed by atoms with Crippen LogP contribution in [0.1, 0.15) is 49.4 Å². The molecule has 3 rings (SSSR count). The van der Waals surface area contributed by atoms with Crippen molar-refractivity contribution in [3.63, 3.8) is 0 Å². The average Bonchev–Trinajstić information content (AvgIpc) is 2.93. The molecule has 2 aromatic carbocycles. The molecule has 0 radical (unpaired) electrons. The van der Waals surface area contributed by atoms with Crippen LogP contribution < -0.4 is 31.4 Å². The van der Waals surface area contributed by atoms with Crippen LogP contribution in [0.3, 0.4) is 0 Å². The fraction of sp³-hybridized carbons (Fsp3) is 0.367. The molecule has 3 aromatic rings. The minimum absolute atomic E-state index is 0.0339. The van der Waals surface area contributed by atoms with Gasteiger partial charge in [0, 0.05) is 33.5 Å². The molecule has 0 saturated carbocycles. The third-order valence-electron chi connectivity index (χ3n) is 7.10. The number of esters is 2. The Hall–Kier alpha value is -4.71. The normalized spacial score (nSPS) is 12.3. The minimum atomic E-state index is -2.02. The fourth-order valence-electron chi connectivity index (χ4n) is 4.64. The molecule has 1 aromatic heterocycles. The zero-order chi connectivity index (χ0) is 31.5. The topological polar surface area (TPSA) is 158 Å². The van der Waals surface area contributed by atoms with Gasteiger partial charge in [0.05, 0.1) is 5.69 Å². The van der Waals surface area contributed by atoms with Crippen molar-refractivity contribution in [2.24, 2.45) is 7.05 Å². The van der Waals surface area contributed by atoms with Gasteiger partial charge < -0.3 is 25.2 Å². The average molecular weight is 581 g/mol. The van der Waals surface area contributed by atoms with Gasteiger partial charge in [-0.05, 0) is 69.4 Å². The van der Waals surface area contributed by atoms with Crippen LogP contribution in [0.4, 0.5) is 11.5 Å². The van der Waals surface area contributed by atoms with E-state index in [9.17, 15) is 29.1 Å². The maximum atomic E-state index is 13.4. The number of ether oxygens (including phenoxy) is 2. The van der Waals surface area contributed by atoms with E-state index < -0.39 is 34.7 Å². The summed E-state index contributed by atoms with van der Waals surface area (Å²) in [5.74, 6) is -1.40. The number of carbonyl (C=O) groups is 3. The van der Waals surface area contributed by atoms with Crippen molar-refractivity contribution >= 4 is 29.4 Å². The van der Waals surface area contributed by atoms with Crippen molar-refractivity contribution in [3.8, 4) is 17.2 Å². The standard InChI is InChI=1S/C30H36N4O8/c1-16-17(2)25(42-20(5)36)22(18(3)24(16)41-19(4)35)14-15-30(6,40)28(38)32-23-26(31-7)34(21-12-10-9-11-13-21)29(39)33(8)27(23)37/h9-13,31,40H,14-15H2,1-8H3,(H,32,38). The van der Waals surface area contributed by atoms with E-state index in [-0.39, 0.29) is 30.1 Å². The van der Waals surface area contributed by atoms with E-state index in [1.165, 1.54) is 39.4 Å². The van der Waals surface area contributed by atoms with Crippen LogP contribution in [-0.4, -0.2) is 44.7 Å². The first-order chi connectivity index (χ1) is 19.6. The van der Waals surface area contributed by atoms with Crippen LogP contribution in [0.5, 0.6) is 11.5 Å². The lowest BCUT2D eigenvalue weighted by molar-refractivity contribution is -0.133. The zero-order valence-electron chi connectivity index (χ0n) is 25.0. The highest BCUT2D eigenvalue weighted by Gasteiger charge is 2.33. The molecule has 0 saturated heterocycles. The summed E-state index contributed by atoms with van der Waals surface area (Å²) in [5, 5.41) is 16.6. The number of hydrogen-bond donors (Lipinski definition) is 3. The Morgan fingerprint density at radius 3 is 2.02 bits per heavy atom. The number of carbonyl (C=O) groups excluding carboxylic acids is 3. The Kier molecular flexibility index (Phi) is 9.42. The maximum Gasteiger partial charge on any atom is 0.337 e. The molecule has 12 heteroatoms. The molecule has 0 aliphatic rings. The number of nitrogens with one attached hydrogen (secondary N) is 2. The summed E-state index contributed by atoms with van der Waals surface area (Å²) < 4.78 is 13.0. The van der Waals surface area contributed by atoms with Crippen molar-refractivity contribution in [2.45, 2.75) is 60.0 Å². The monoisotopic (exact) mass is 580 g/mol. The van der Waals surface area contributed by atoms with E-state index in [4.69, 9.17) is 9.47 Å². The maximum absolute atomic E-state index is 13.4. The second-order valence-corrected chi connectivity index (χ2v) is 10.2. The fourth-order valence-corrected chi connectivity index (χ4v) is 4.64. The van der Waals surface area contributed by atoms with Gasteiger partial charge in [-0.25, -0.2) is 9.36 Å². The van der Waals surface area contributed by atoms with Crippen molar-refractivity contribution in [2.75, 3.05) is 17.7 Å². The SMILES string of the molecule is CNc1c(NC(=O)C(C)(O)CCc2c(C)c(OC(C)=O)c(C)c(C)c2OC(C)=O)c(=O)n(C)c(=O)n1-c1ccccc1. The third-order valence-corrected chi connectivity index (χ3v) is 7.10. The van der Waals surface area contributed by atoms with Gasteiger partial charge in [-0.2, -0.15) is 0 Å². The zero-order valence-corrected chi connectivity index (χ0v) is 25.0. The predicted octanol–water partition coefficient (Wildman–Crippen LogP) is 2.68. The van der Waals surface area contributed by atoms with Crippen LogP contribution in [0.25, 0.3) is 5.69 Å². The Labute approximate surface area is 242 Å². The number of rotatable bonds is 9. The molecule has 1 unspecified atom stereocenters. The molecular formula is C30H36N4O8. The van der Waals surface area contributed by atoms with Crippen LogP contribution in [0.15, 0.2) is 39.9 Å². The van der Waals surface area contributed by atoms with Crippen LogP contribution in [0, 0.1) is 20.8 Å². The Morgan fingerprint density at radius 2 is 1.48 bits per heavy atom. The van der Waals surface area contributed by atoms with Crippen molar-refractivity contribution in [1.29, 1.82) is 0 Å². The van der Waals surface area contributed by atoms with Gasteiger partial charge in [-0.15, -0.1) is 0 Å². The first-order valence-electron chi connectivity index (χ1n) is 13.2. The largest absolute Gasteiger partial charge is 0.426 e. The van der Waals surface area contributed by atoms with Crippen LogP contribution in [0.2, 0.25) is 0 Å². The molecule has 1 amide bonds. The van der Waals surface area contributed by atoms with Crippen LogP contribution >= 0.6 is 0 Å². The molecule has 0 spiro atoms. The van der Waals surface area contributed by atoms with Crippen molar-refractivity contribution < 1.29 is 29.0 Å². The van der Waals surface area contributed by atoms with Gasteiger partial charge in [0.15, 0.2) is 0 Å². The van der Waals surface area contributed by atoms with Gasteiger partial charge in [0.2, 0.25) is 0 Å². The molecule has 0 bridgehead atoms. The van der Waals surface area contributed by atoms with E-state index in [1.807, 2.05) is 0 Å². The number of benzene rings is 2. The lowest BCUT2D eigenvalue weighted by atomic mass is 9.90. The number of para-hydroxylation sites is 1. The molecule has 1 atom stereocenters. The van der Waals surface area contributed by atoms with E-state index >= 15 is 0 Å². The predicted molar refractivity (Wildman–Crippen MR) is 158 cm³/mol. The first-order valence-corrected chi connectivity index (χ1v) is 13.2. The first kappa shape index (κ1) is 31.8. The van der Waals surface area contributed by atoms with E-state index in [0.717, 1.165) is 4.57 Å². The molecule has 0 fully saturated rings. The molecule has 12 nitrogen and oxygen atoms in total. The Bertz CT molecular complexity index is 1670. The quantitative estimate of drug-likeness (QED) is 0.256. The second kappa shape index (κ2) is 12.4.